The molecule has 0 aliphatic carbocycles. The fraction of sp³-hybridized carbons (Fsp3) is 0.0625. The van der Waals surface area contributed by atoms with Crippen LogP contribution < -0.4 is 5.32 Å². The molecule has 18 heavy (non-hydrogen) atoms. The normalized spacial score (nSPS) is 10.4. The first kappa shape index (κ1) is 12.1. The molecule has 1 amide bonds. The minimum Gasteiger partial charge on any atom is -0.344 e. The first-order valence-corrected chi connectivity index (χ1v) is 5.80. The minimum absolute atomic E-state index is 0.520. The summed E-state index contributed by atoms with van der Waals surface area (Å²) < 4.78 is 0. The second kappa shape index (κ2) is 6.40. The maximum absolute atomic E-state index is 10.1. The monoisotopic (exact) mass is 236 g/mol. The zero-order valence-corrected chi connectivity index (χ0v) is 9.97. The van der Waals surface area contributed by atoms with E-state index in [1.807, 2.05) is 42.5 Å². The molecule has 1 radical (unpaired) electrons. The van der Waals surface area contributed by atoms with Crippen LogP contribution in [-0.2, 0) is 11.3 Å². The van der Waals surface area contributed by atoms with E-state index in [-0.39, 0.29) is 0 Å². The lowest BCUT2D eigenvalue weighted by Gasteiger charge is -2.00. The van der Waals surface area contributed by atoms with Gasteiger partial charge in [-0.3, -0.25) is 4.79 Å². The molecule has 0 heterocycles. The number of hydrogen-bond donors (Lipinski definition) is 1. The third-order valence-corrected chi connectivity index (χ3v) is 2.61. The van der Waals surface area contributed by atoms with Crippen LogP contribution in [0.25, 0.3) is 12.2 Å². The molecule has 2 aromatic carbocycles. The molecular formula is C16H14NO. The lowest BCUT2D eigenvalue weighted by molar-refractivity contribution is 0.542. The quantitative estimate of drug-likeness (QED) is 0.627. The summed E-state index contributed by atoms with van der Waals surface area (Å²) in [5, 5.41) is 2.52. The zero-order chi connectivity index (χ0) is 12.6. The van der Waals surface area contributed by atoms with Crippen molar-refractivity contribution in [2.45, 2.75) is 6.54 Å². The summed E-state index contributed by atoms with van der Waals surface area (Å²) in [5.41, 5.74) is 3.38. The van der Waals surface area contributed by atoms with Crippen molar-refractivity contribution < 1.29 is 4.79 Å². The SMILES string of the molecule is O=[C]NCc1ccc(C=Cc2ccccc2)cc1. The molecule has 0 aromatic heterocycles. The van der Waals surface area contributed by atoms with Crippen LogP contribution >= 0.6 is 0 Å². The van der Waals surface area contributed by atoms with Crippen LogP contribution in [0.1, 0.15) is 16.7 Å². The first-order chi connectivity index (χ1) is 8.88. The lowest BCUT2D eigenvalue weighted by atomic mass is 10.1. The molecule has 0 fully saturated rings. The van der Waals surface area contributed by atoms with Gasteiger partial charge in [0.2, 0.25) is 0 Å². The number of hydrogen-bond acceptors (Lipinski definition) is 1. The van der Waals surface area contributed by atoms with Gasteiger partial charge in [-0.05, 0) is 16.7 Å². The molecular weight excluding hydrogens is 222 g/mol. The second-order valence-electron chi connectivity index (χ2n) is 3.94. The van der Waals surface area contributed by atoms with Gasteiger partial charge in [-0.1, -0.05) is 66.7 Å². The van der Waals surface area contributed by atoms with Gasteiger partial charge in [-0.2, -0.15) is 0 Å². The highest BCUT2D eigenvalue weighted by molar-refractivity contribution is 5.69. The Kier molecular flexibility index (Phi) is 4.31. The van der Waals surface area contributed by atoms with E-state index in [4.69, 9.17) is 0 Å². The smallest absolute Gasteiger partial charge is 0.309 e. The van der Waals surface area contributed by atoms with E-state index in [1.54, 1.807) is 6.41 Å². The number of nitrogens with one attached hydrogen (secondary N) is 1. The van der Waals surface area contributed by atoms with E-state index in [1.165, 1.54) is 5.56 Å². The van der Waals surface area contributed by atoms with Crippen molar-refractivity contribution in [2.75, 3.05) is 0 Å². The Morgan fingerprint density at radius 3 is 2.11 bits per heavy atom. The van der Waals surface area contributed by atoms with Crippen LogP contribution in [0.2, 0.25) is 0 Å². The average molecular weight is 236 g/mol. The van der Waals surface area contributed by atoms with Gasteiger partial charge in [0.25, 0.3) is 0 Å². The van der Waals surface area contributed by atoms with E-state index < -0.39 is 0 Å². The maximum Gasteiger partial charge on any atom is 0.309 e. The summed E-state index contributed by atoms with van der Waals surface area (Å²) in [6.07, 6.45) is 5.81. The molecule has 2 nitrogen and oxygen atoms in total. The molecule has 0 bridgehead atoms. The number of rotatable bonds is 5. The van der Waals surface area contributed by atoms with Crippen molar-refractivity contribution in [1.29, 1.82) is 0 Å². The highest BCUT2D eigenvalue weighted by Crippen LogP contribution is 2.09. The molecule has 89 valence electrons. The second-order valence-corrected chi connectivity index (χ2v) is 3.94. The Bertz CT molecular complexity index is 515. The van der Waals surface area contributed by atoms with Crippen molar-refractivity contribution in [1.82, 2.24) is 5.32 Å². The average Bonchev–Trinajstić information content (AvgIpc) is 2.45. The summed E-state index contributed by atoms with van der Waals surface area (Å²) in [5.74, 6) is 0. The molecule has 0 aliphatic heterocycles. The Labute approximate surface area is 107 Å². The molecule has 2 rings (SSSR count). The summed E-state index contributed by atoms with van der Waals surface area (Å²) >= 11 is 0. The first-order valence-electron chi connectivity index (χ1n) is 5.80. The van der Waals surface area contributed by atoms with E-state index in [2.05, 4.69) is 29.6 Å². The van der Waals surface area contributed by atoms with Crippen molar-refractivity contribution in [3.8, 4) is 0 Å². The van der Waals surface area contributed by atoms with Crippen LogP contribution in [0.4, 0.5) is 0 Å². The number of amides is 1. The van der Waals surface area contributed by atoms with E-state index in [0.29, 0.717) is 6.54 Å². The predicted octanol–water partition coefficient (Wildman–Crippen LogP) is 3.01. The highest BCUT2D eigenvalue weighted by atomic mass is 16.1. The minimum atomic E-state index is 0.520. The Balaban J connectivity index is 2.02. The van der Waals surface area contributed by atoms with Crippen LogP contribution in [0.3, 0.4) is 0 Å². The summed E-state index contributed by atoms with van der Waals surface area (Å²) in [6, 6.07) is 18.2. The van der Waals surface area contributed by atoms with E-state index in [0.717, 1.165) is 11.1 Å². The van der Waals surface area contributed by atoms with Crippen molar-refractivity contribution in [2.24, 2.45) is 0 Å². The topological polar surface area (TPSA) is 29.1 Å². The summed E-state index contributed by atoms with van der Waals surface area (Å²) in [6.45, 7) is 0.520. The summed E-state index contributed by atoms with van der Waals surface area (Å²) in [7, 11) is 0. The third kappa shape index (κ3) is 3.59. The lowest BCUT2D eigenvalue weighted by Crippen LogP contribution is -2.09. The van der Waals surface area contributed by atoms with Gasteiger partial charge in [0.1, 0.15) is 0 Å². The Morgan fingerprint density at radius 2 is 1.50 bits per heavy atom. The van der Waals surface area contributed by atoms with Crippen molar-refractivity contribution in [3.63, 3.8) is 0 Å². The predicted molar refractivity (Wildman–Crippen MR) is 74.3 cm³/mol. The molecule has 2 heteroatoms. The van der Waals surface area contributed by atoms with Gasteiger partial charge >= 0.3 is 6.41 Å². The van der Waals surface area contributed by atoms with Crippen molar-refractivity contribution in [3.05, 3.63) is 71.3 Å². The largest absolute Gasteiger partial charge is 0.344 e. The third-order valence-electron chi connectivity index (χ3n) is 2.61. The van der Waals surface area contributed by atoms with Gasteiger partial charge in [0.15, 0.2) is 0 Å². The van der Waals surface area contributed by atoms with Gasteiger partial charge in [-0.25, -0.2) is 0 Å². The van der Waals surface area contributed by atoms with Gasteiger partial charge in [0, 0.05) is 6.54 Å². The summed E-state index contributed by atoms with van der Waals surface area (Å²) in [4.78, 5) is 10.1. The molecule has 0 saturated carbocycles. The van der Waals surface area contributed by atoms with E-state index in [9.17, 15) is 4.79 Å². The number of benzene rings is 2. The Hall–Kier alpha value is -2.35. The van der Waals surface area contributed by atoms with Gasteiger partial charge in [0.05, 0.1) is 0 Å². The Morgan fingerprint density at radius 1 is 0.889 bits per heavy atom. The van der Waals surface area contributed by atoms with Gasteiger partial charge in [-0.15, -0.1) is 0 Å². The fourth-order valence-electron chi connectivity index (χ4n) is 1.64. The van der Waals surface area contributed by atoms with Gasteiger partial charge < -0.3 is 5.32 Å². The van der Waals surface area contributed by atoms with E-state index >= 15 is 0 Å². The molecule has 0 unspecified atom stereocenters. The zero-order valence-electron chi connectivity index (χ0n) is 9.97. The molecule has 1 N–H and O–H groups in total. The standard InChI is InChI=1S/C16H14NO/c18-13-17-12-16-10-8-15(9-11-16)7-6-14-4-2-1-3-5-14/h1-11H,12H2,(H,17,18). The number of carbonyl (C=O) groups excluding carboxylic acids is 1. The molecule has 0 aliphatic rings. The molecule has 2 aromatic rings. The fourth-order valence-corrected chi connectivity index (χ4v) is 1.64. The van der Waals surface area contributed by atoms with Crippen LogP contribution in [0, 0.1) is 0 Å². The highest BCUT2D eigenvalue weighted by Gasteiger charge is 1.92. The van der Waals surface area contributed by atoms with Crippen molar-refractivity contribution >= 4 is 18.6 Å². The molecule has 0 spiro atoms. The maximum atomic E-state index is 10.1. The van der Waals surface area contributed by atoms with Crippen LogP contribution in [-0.4, -0.2) is 6.41 Å². The van der Waals surface area contributed by atoms with Crippen LogP contribution in [0.5, 0.6) is 0 Å². The molecule has 0 atom stereocenters. The van der Waals surface area contributed by atoms with Crippen LogP contribution in [0.15, 0.2) is 54.6 Å². The molecule has 0 saturated heterocycles.